The monoisotopic (exact) mass is 265 g/mol. The first-order valence-electron chi connectivity index (χ1n) is 6.00. The van der Waals surface area contributed by atoms with Crippen molar-refractivity contribution in [3.8, 4) is 0 Å². The van der Waals surface area contributed by atoms with Gasteiger partial charge in [0.2, 0.25) is 0 Å². The first-order valence-corrected chi connectivity index (χ1v) is 6.40. The summed E-state index contributed by atoms with van der Waals surface area (Å²) in [5, 5.41) is 3.47. The van der Waals surface area contributed by atoms with E-state index in [2.05, 4.69) is 24.1 Å². The molecule has 1 aromatic heterocycles. The van der Waals surface area contributed by atoms with Gasteiger partial charge in [0.05, 0.1) is 18.0 Å². The van der Waals surface area contributed by atoms with Crippen molar-refractivity contribution in [3.05, 3.63) is 24.0 Å². The molecule has 2 atom stereocenters. The second-order valence-electron chi connectivity index (χ2n) is 5.26. The van der Waals surface area contributed by atoms with Gasteiger partial charge in [0.25, 0.3) is 0 Å². The Bertz CT molecular complexity index is 461. The topological polar surface area (TPSA) is 60.2 Å². The van der Waals surface area contributed by atoms with Crippen molar-refractivity contribution < 1.29 is 4.74 Å². The number of ether oxygens (including phenoxy) is 1. The average Bonchev–Trinajstić information content (AvgIpc) is 2.34. The molecule has 1 saturated carbocycles. The Balaban J connectivity index is 2.14. The van der Waals surface area contributed by atoms with Crippen LogP contribution in [0.1, 0.15) is 25.8 Å². The van der Waals surface area contributed by atoms with Crippen molar-refractivity contribution >= 4 is 22.9 Å². The summed E-state index contributed by atoms with van der Waals surface area (Å²) in [5.41, 5.74) is 7.55. The summed E-state index contributed by atoms with van der Waals surface area (Å²) < 4.78 is 5.44. The van der Waals surface area contributed by atoms with Crippen LogP contribution in [-0.2, 0) is 4.74 Å². The second kappa shape index (κ2) is 4.82. The van der Waals surface area contributed by atoms with Crippen LogP contribution in [0.5, 0.6) is 0 Å². The van der Waals surface area contributed by atoms with Gasteiger partial charge in [-0.3, -0.25) is 4.98 Å². The number of hydrogen-bond donors (Lipinski definition) is 2. The third-order valence-corrected chi connectivity index (χ3v) is 4.10. The van der Waals surface area contributed by atoms with Crippen LogP contribution in [0.15, 0.2) is 18.5 Å². The van der Waals surface area contributed by atoms with Gasteiger partial charge in [-0.2, -0.15) is 0 Å². The fourth-order valence-electron chi connectivity index (χ4n) is 2.44. The van der Waals surface area contributed by atoms with Crippen LogP contribution in [0.25, 0.3) is 0 Å². The van der Waals surface area contributed by atoms with Gasteiger partial charge in [-0.25, -0.2) is 0 Å². The minimum atomic E-state index is 0.0953. The lowest BCUT2D eigenvalue weighted by Gasteiger charge is -2.51. The third kappa shape index (κ3) is 2.20. The van der Waals surface area contributed by atoms with Crippen LogP contribution in [0.2, 0.25) is 0 Å². The van der Waals surface area contributed by atoms with E-state index in [0.717, 1.165) is 17.7 Å². The minimum absolute atomic E-state index is 0.0953. The van der Waals surface area contributed by atoms with Crippen LogP contribution in [0.4, 0.5) is 5.69 Å². The molecule has 1 aliphatic rings. The molecule has 3 N–H and O–H groups in total. The number of anilines is 1. The number of pyridine rings is 1. The molecule has 0 aliphatic heterocycles. The lowest BCUT2D eigenvalue weighted by molar-refractivity contribution is -0.0794. The first-order chi connectivity index (χ1) is 8.46. The highest BCUT2D eigenvalue weighted by Crippen LogP contribution is 2.44. The summed E-state index contributed by atoms with van der Waals surface area (Å²) >= 11 is 5.05. The molecule has 5 heteroatoms. The molecule has 1 heterocycles. The SMILES string of the molecule is COC1CC(Nc2cnccc2C(N)=S)C1(C)C. The van der Waals surface area contributed by atoms with Gasteiger partial charge < -0.3 is 15.8 Å². The molecule has 0 aromatic carbocycles. The minimum Gasteiger partial charge on any atom is -0.389 e. The number of aromatic nitrogens is 1. The van der Waals surface area contributed by atoms with Crippen LogP contribution in [-0.4, -0.2) is 29.2 Å². The van der Waals surface area contributed by atoms with Gasteiger partial charge in [-0.1, -0.05) is 26.1 Å². The summed E-state index contributed by atoms with van der Waals surface area (Å²) in [6.07, 6.45) is 4.74. The molecular weight excluding hydrogens is 246 g/mol. The van der Waals surface area contributed by atoms with E-state index < -0.39 is 0 Å². The van der Waals surface area contributed by atoms with Crippen LogP contribution >= 0.6 is 12.2 Å². The Hall–Kier alpha value is -1.20. The van der Waals surface area contributed by atoms with Crippen LogP contribution in [0, 0.1) is 5.41 Å². The number of hydrogen-bond acceptors (Lipinski definition) is 4. The first kappa shape index (κ1) is 13.2. The predicted octanol–water partition coefficient (Wildman–Crippen LogP) is 1.94. The molecule has 0 bridgehead atoms. The van der Waals surface area contributed by atoms with Gasteiger partial charge in [-0.05, 0) is 12.5 Å². The Morgan fingerprint density at radius 3 is 2.89 bits per heavy atom. The van der Waals surface area contributed by atoms with Crippen molar-refractivity contribution in [2.75, 3.05) is 12.4 Å². The zero-order valence-electron chi connectivity index (χ0n) is 10.9. The maximum atomic E-state index is 5.71. The largest absolute Gasteiger partial charge is 0.389 e. The molecule has 2 unspecified atom stereocenters. The number of nitrogens with two attached hydrogens (primary N) is 1. The third-order valence-electron chi connectivity index (χ3n) is 3.88. The lowest BCUT2D eigenvalue weighted by Crippen LogP contribution is -2.57. The van der Waals surface area contributed by atoms with Crippen molar-refractivity contribution in [2.24, 2.45) is 11.1 Å². The quantitative estimate of drug-likeness (QED) is 0.815. The molecule has 98 valence electrons. The van der Waals surface area contributed by atoms with Crippen molar-refractivity contribution in [1.82, 2.24) is 4.98 Å². The number of nitrogens with zero attached hydrogens (tertiary/aromatic N) is 1. The van der Waals surface area contributed by atoms with Crippen LogP contribution < -0.4 is 11.1 Å². The van der Waals surface area contributed by atoms with E-state index in [4.69, 9.17) is 22.7 Å². The lowest BCUT2D eigenvalue weighted by atomic mass is 9.64. The summed E-state index contributed by atoms with van der Waals surface area (Å²) in [6.45, 7) is 4.39. The summed E-state index contributed by atoms with van der Waals surface area (Å²) in [4.78, 5) is 4.51. The molecule has 1 fully saturated rings. The molecule has 0 amide bonds. The number of nitrogens with one attached hydrogen (secondary N) is 1. The summed E-state index contributed by atoms with van der Waals surface area (Å²) in [6, 6.07) is 2.18. The molecule has 4 nitrogen and oxygen atoms in total. The molecule has 0 saturated heterocycles. The van der Waals surface area contributed by atoms with E-state index >= 15 is 0 Å². The standard InChI is InChI=1S/C13H19N3OS/c1-13(2)10(6-11(13)17-3)16-9-7-15-5-4-8(9)12(14)18/h4-5,7,10-11,16H,6H2,1-3H3,(H2,14,18). The average molecular weight is 265 g/mol. The van der Waals surface area contributed by atoms with E-state index in [1.165, 1.54) is 0 Å². The molecular formula is C13H19N3OS. The predicted molar refractivity (Wildman–Crippen MR) is 76.7 cm³/mol. The normalized spacial score (nSPS) is 25.3. The van der Waals surface area contributed by atoms with Gasteiger partial charge in [-0.15, -0.1) is 0 Å². The van der Waals surface area contributed by atoms with Gasteiger partial charge >= 0.3 is 0 Å². The fourth-order valence-corrected chi connectivity index (χ4v) is 2.62. The Labute approximate surface area is 113 Å². The van der Waals surface area contributed by atoms with E-state index in [0.29, 0.717) is 17.1 Å². The van der Waals surface area contributed by atoms with E-state index in [9.17, 15) is 0 Å². The number of thiocarbonyl (C=S) groups is 1. The van der Waals surface area contributed by atoms with Crippen molar-refractivity contribution in [2.45, 2.75) is 32.4 Å². The Morgan fingerprint density at radius 2 is 2.33 bits per heavy atom. The van der Waals surface area contributed by atoms with Crippen LogP contribution in [0.3, 0.4) is 0 Å². The highest BCUT2D eigenvalue weighted by atomic mass is 32.1. The zero-order chi connectivity index (χ0) is 13.3. The van der Waals surface area contributed by atoms with Gasteiger partial charge in [0.15, 0.2) is 0 Å². The maximum absolute atomic E-state index is 5.71. The highest BCUT2D eigenvalue weighted by Gasteiger charge is 2.48. The summed E-state index contributed by atoms with van der Waals surface area (Å²) in [5.74, 6) is 0. The summed E-state index contributed by atoms with van der Waals surface area (Å²) in [7, 11) is 1.76. The van der Waals surface area contributed by atoms with E-state index in [1.807, 2.05) is 6.07 Å². The van der Waals surface area contributed by atoms with E-state index in [-0.39, 0.29) is 5.41 Å². The molecule has 2 rings (SSSR count). The molecule has 0 radical (unpaired) electrons. The Morgan fingerprint density at radius 1 is 1.61 bits per heavy atom. The number of rotatable bonds is 4. The van der Waals surface area contributed by atoms with Crippen molar-refractivity contribution in [1.29, 1.82) is 0 Å². The molecule has 1 aliphatic carbocycles. The zero-order valence-corrected chi connectivity index (χ0v) is 11.8. The molecule has 0 spiro atoms. The molecule has 18 heavy (non-hydrogen) atoms. The maximum Gasteiger partial charge on any atom is 0.106 e. The fraction of sp³-hybridized carbons (Fsp3) is 0.538. The molecule has 1 aromatic rings. The second-order valence-corrected chi connectivity index (χ2v) is 5.70. The smallest absolute Gasteiger partial charge is 0.106 e. The van der Waals surface area contributed by atoms with Crippen molar-refractivity contribution in [3.63, 3.8) is 0 Å². The highest BCUT2D eigenvalue weighted by molar-refractivity contribution is 7.80. The van der Waals surface area contributed by atoms with E-state index in [1.54, 1.807) is 19.5 Å². The van der Waals surface area contributed by atoms with Gasteiger partial charge in [0.1, 0.15) is 4.99 Å². The van der Waals surface area contributed by atoms with Gasteiger partial charge in [0, 0.05) is 30.3 Å². The number of methoxy groups -OCH3 is 1. The Kier molecular flexibility index (Phi) is 3.54.